The third-order valence-electron chi connectivity index (χ3n) is 5.39. The molecule has 1 aliphatic carbocycles. The van der Waals surface area contributed by atoms with Gasteiger partial charge in [-0.05, 0) is 18.9 Å². The van der Waals surface area contributed by atoms with Crippen LogP contribution >= 0.6 is 0 Å². The highest BCUT2D eigenvalue weighted by Gasteiger charge is 2.54. The molecule has 0 bridgehead atoms. The van der Waals surface area contributed by atoms with Gasteiger partial charge in [0.2, 0.25) is 0 Å². The Morgan fingerprint density at radius 3 is 2.46 bits per heavy atom. The molecule has 4 heterocycles. The number of nitrogens with zero attached hydrogens (tertiary/aromatic N) is 3. The monoisotopic (exact) mass is 354 g/mol. The molecule has 5 rings (SSSR count). The number of aromatic amines is 1. The van der Waals surface area contributed by atoms with E-state index in [4.69, 9.17) is 4.42 Å². The molecule has 2 aromatic rings. The number of hydrogen-bond donors (Lipinski definition) is 1. The fraction of sp³-hybridized carbons (Fsp3) is 0.444. The highest BCUT2D eigenvalue weighted by Crippen LogP contribution is 2.41. The summed E-state index contributed by atoms with van der Waals surface area (Å²) in [6.45, 7) is 2.45. The van der Waals surface area contributed by atoms with Gasteiger partial charge < -0.3 is 19.2 Å². The predicted molar refractivity (Wildman–Crippen MR) is 89.8 cm³/mol. The first-order chi connectivity index (χ1) is 12.5. The maximum atomic E-state index is 12.6. The quantitative estimate of drug-likeness (QED) is 0.880. The van der Waals surface area contributed by atoms with Crippen LogP contribution in [-0.4, -0.2) is 57.8 Å². The van der Waals surface area contributed by atoms with Gasteiger partial charge >= 0.3 is 0 Å². The minimum Gasteiger partial charge on any atom is -0.472 e. The average Bonchev–Trinajstić information content (AvgIpc) is 3.26. The Bertz CT molecular complexity index is 930. The van der Waals surface area contributed by atoms with Gasteiger partial charge in [0.1, 0.15) is 17.8 Å². The molecular formula is C18H18N4O4. The van der Waals surface area contributed by atoms with Gasteiger partial charge in [-0.2, -0.15) is 0 Å². The number of furan rings is 1. The molecule has 26 heavy (non-hydrogen) atoms. The third kappa shape index (κ3) is 2.44. The average molecular weight is 354 g/mol. The highest BCUT2D eigenvalue weighted by atomic mass is 16.3. The van der Waals surface area contributed by atoms with E-state index in [9.17, 15) is 14.4 Å². The number of rotatable bonds is 3. The van der Waals surface area contributed by atoms with E-state index in [-0.39, 0.29) is 34.4 Å². The Morgan fingerprint density at radius 2 is 1.85 bits per heavy atom. The van der Waals surface area contributed by atoms with Crippen molar-refractivity contribution in [1.29, 1.82) is 0 Å². The topological polar surface area (TPSA) is 99.5 Å². The molecule has 0 unspecified atom stereocenters. The molecule has 0 atom stereocenters. The molecule has 2 saturated heterocycles. The Labute approximate surface area is 148 Å². The second-order valence-corrected chi connectivity index (χ2v) is 7.62. The molecular weight excluding hydrogens is 336 g/mol. The van der Waals surface area contributed by atoms with Crippen molar-refractivity contribution in [1.82, 2.24) is 19.8 Å². The number of hydrogen-bond acceptors (Lipinski definition) is 5. The Hall–Kier alpha value is -2.90. The van der Waals surface area contributed by atoms with E-state index in [1.165, 1.54) is 18.6 Å². The van der Waals surface area contributed by atoms with E-state index in [1.54, 1.807) is 15.9 Å². The summed E-state index contributed by atoms with van der Waals surface area (Å²) in [5, 5.41) is 0. The van der Waals surface area contributed by atoms with Crippen molar-refractivity contribution in [3.8, 4) is 0 Å². The summed E-state index contributed by atoms with van der Waals surface area (Å²) in [6, 6.07) is 2.93. The van der Waals surface area contributed by atoms with Crippen molar-refractivity contribution in [3.63, 3.8) is 0 Å². The Morgan fingerprint density at radius 1 is 1.15 bits per heavy atom. The zero-order valence-electron chi connectivity index (χ0n) is 14.1. The van der Waals surface area contributed by atoms with Gasteiger partial charge in [-0.3, -0.25) is 14.4 Å². The van der Waals surface area contributed by atoms with Crippen LogP contribution in [0.3, 0.4) is 0 Å². The van der Waals surface area contributed by atoms with Gasteiger partial charge in [0.15, 0.2) is 0 Å². The first kappa shape index (κ1) is 15.4. The summed E-state index contributed by atoms with van der Waals surface area (Å²) in [6.07, 6.45) is 4.94. The number of likely N-dealkylation sites (tertiary alicyclic amines) is 2. The van der Waals surface area contributed by atoms with Crippen LogP contribution in [-0.2, 0) is 0 Å². The summed E-state index contributed by atoms with van der Waals surface area (Å²) < 4.78 is 4.95. The van der Waals surface area contributed by atoms with Crippen LogP contribution in [0.15, 0.2) is 33.9 Å². The number of carbonyl (C=O) groups excluding carboxylic acids is 2. The lowest BCUT2D eigenvalue weighted by Crippen LogP contribution is -2.73. The maximum Gasteiger partial charge on any atom is 0.272 e. The standard InChI is InChI=1S/C18H18N4O4/c23-14-5-13(19-15(20-14)11-1-2-11)17(25)22-9-18(10-22)7-21(8-18)16(24)12-3-4-26-6-12/h3-6,11H,1-2,7-10H2,(H,19,20,23). The van der Waals surface area contributed by atoms with Crippen molar-refractivity contribution < 1.29 is 14.0 Å². The van der Waals surface area contributed by atoms with Gasteiger partial charge in [-0.15, -0.1) is 0 Å². The minimum atomic E-state index is -0.277. The SMILES string of the molecule is O=C(c1ccoc1)N1CC2(C1)CN(C(=O)c1cc(=O)[nH]c(C3CC3)n1)C2. The summed E-state index contributed by atoms with van der Waals surface area (Å²) >= 11 is 0. The molecule has 1 saturated carbocycles. The smallest absolute Gasteiger partial charge is 0.272 e. The third-order valence-corrected chi connectivity index (χ3v) is 5.39. The fourth-order valence-corrected chi connectivity index (χ4v) is 3.88. The van der Waals surface area contributed by atoms with Crippen LogP contribution < -0.4 is 5.56 Å². The van der Waals surface area contributed by atoms with Gasteiger partial charge in [0.25, 0.3) is 17.4 Å². The Kier molecular flexibility index (Phi) is 3.13. The lowest BCUT2D eigenvalue weighted by atomic mass is 9.72. The second-order valence-electron chi connectivity index (χ2n) is 7.62. The van der Waals surface area contributed by atoms with Crippen LogP contribution in [0.1, 0.15) is 45.4 Å². The fourth-order valence-electron chi connectivity index (χ4n) is 3.88. The number of nitrogens with one attached hydrogen (secondary N) is 1. The first-order valence-electron chi connectivity index (χ1n) is 8.75. The molecule has 2 amide bonds. The van der Waals surface area contributed by atoms with E-state index in [0.717, 1.165) is 12.8 Å². The summed E-state index contributed by atoms with van der Waals surface area (Å²) in [4.78, 5) is 47.2. The van der Waals surface area contributed by atoms with Gasteiger partial charge in [-0.1, -0.05) is 0 Å². The number of H-pyrrole nitrogens is 1. The molecule has 8 nitrogen and oxygen atoms in total. The predicted octanol–water partition coefficient (Wildman–Crippen LogP) is 0.838. The minimum absolute atomic E-state index is 0.0183. The summed E-state index contributed by atoms with van der Waals surface area (Å²) in [5.41, 5.74) is 0.472. The largest absolute Gasteiger partial charge is 0.472 e. The molecule has 1 spiro atoms. The normalized spacial score (nSPS) is 20.6. The van der Waals surface area contributed by atoms with Crippen molar-refractivity contribution >= 4 is 11.8 Å². The van der Waals surface area contributed by atoms with Gasteiger partial charge in [0.05, 0.1) is 11.8 Å². The molecule has 8 heteroatoms. The van der Waals surface area contributed by atoms with Gasteiger partial charge in [-0.25, -0.2) is 4.98 Å². The summed E-state index contributed by atoms with van der Waals surface area (Å²) in [5.74, 6) is 0.659. The van der Waals surface area contributed by atoms with Gasteiger partial charge in [0, 0.05) is 43.6 Å². The molecule has 134 valence electrons. The Balaban J connectivity index is 1.22. The zero-order valence-corrected chi connectivity index (χ0v) is 14.1. The number of carbonyl (C=O) groups is 2. The second kappa shape index (κ2) is 5.30. The van der Waals surface area contributed by atoms with Crippen LogP contribution in [0.25, 0.3) is 0 Å². The molecule has 2 aliphatic heterocycles. The van der Waals surface area contributed by atoms with Crippen molar-refractivity contribution in [2.75, 3.05) is 26.2 Å². The van der Waals surface area contributed by atoms with Crippen LogP contribution in [0, 0.1) is 5.41 Å². The molecule has 0 aromatic carbocycles. The zero-order chi connectivity index (χ0) is 17.9. The first-order valence-corrected chi connectivity index (χ1v) is 8.75. The lowest BCUT2D eigenvalue weighted by Gasteiger charge is -2.59. The molecule has 2 aromatic heterocycles. The number of aromatic nitrogens is 2. The van der Waals surface area contributed by atoms with E-state index >= 15 is 0 Å². The van der Waals surface area contributed by atoms with E-state index in [2.05, 4.69) is 9.97 Å². The van der Waals surface area contributed by atoms with Crippen molar-refractivity contribution in [2.24, 2.45) is 5.41 Å². The maximum absolute atomic E-state index is 12.6. The summed E-state index contributed by atoms with van der Waals surface area (Å²) in [7, 11) is 0. The molecule has 3 fully saturated rings. The van der Waals surface area contributed by atoms with Crippen LogP contribution in [0.4, 0.5) is 0 Å². The van der Waals surface area contributed by atoms with Crippen LogP contribution in [0.5, 0.6) is 0 Å². The number of amides is 2. The van der Waals surface area contributed by atoms with Crippen molar-refractivity contribution in [2.45, 2.75) is 18.8 Å². The van der Waals surface area contributed by atoms with E-state index < -0.39 is 0 Å². The molecule has 1 N–H and O–H groups in total. The lowest BCUT2D eigenvalue weighted by molar-refractivity contribution is -0.0823. The molecule has 0 radical (unpaired) electrons. The van der Waals surface area contributed by atoms with Crippen LogP contribution in [0.2, 0.25) is 0 Å². The van der Waals surface area contributed by atoms with E-state index in [1.807, 2.05) is 0 Å². The van der Waals surface area contributed by atoms with E-state index in [0.29, 0.717) is 37.6 Å². The highest BCUT2D eigenvalue weighted by molar-refractivity contribution is 5.95. The van der Waals surface area contributed by atoms with Crippen molar-refractivity contribution in [3.05, 3.63) is 52.1 Å². The molecule has 3 aliphatic rings.